The number of aliphatic carboxylic acids is 1. The predicted molar refractivity (Wildman–Crippen MR) is 75.3 cm³/mol. The van der Waals surface area contributed by atoms with Gasteiger partial charge in [-0.25, -0.2) is 0 Å². The molecule has 1 aromatic rings. The topological polar surface area (TPSA) is 92.9 Å². The van der Waals surface area contributed by atoms with E-state index < -0.39 is 16.9 Å². The van der Waals surface area contributed by atoms with Crippen molar-refractivity contribution in [2.45, 2.75) is 38.4 Å². The molecule has 1 saturated carbocycles. The molecule has 1 aliphatic rings. The molecule has 0 saturated heterocycles. The van der Waals surface area contributed by atoms with Crippen molar-refractivity contribution >= 4 is 11.7 Å². The quantitative estimate of drug-likeness (QED) is 0.611. The van der Waals surface area contributed by atoms with Crippen molar-refractivity contribution in [3.8, 4) is 5.75 Å². The van der Waals surface area contributed by atoms with Crippen molar-refractivity contribution in [2.75, 3.05) is 7.11 Å². The molecule has 114 valence electrons. The molecule has 1 aromatic carbocycles. The van der Waals surface area contributed by atoms with E-state index >= 15 is 0 Å². The summed E-state index contributed by atoms with van der Waals surface area (Å²) in [4.78, 5) is 23.5. The summed E-state index contributed by atoms with van der Waals surface area (Å²) in [6.07, 6.45) is 1.91. The van der Waals surface area contributed by atoms with E-state index in [0.717, 1.165) is 12.8 Å². The van der Waals surface area contributed by atoms with Gasteiger partial charge in [0, 0.05) is 30.3 Å². The second kappa shape index (κ2) is 6.09. The minimum Gasteiger partial charge on any atom is -0.496 e. The number of benzene rings is 1. The maximum atomic E-state index is 11.2. The molecular weight excluding hydrogens is 276 g/mol. The third kappa shape index (κ3) is 3.49. The van der Waals surface area contributed by atoms with Crippen LogP contribution in [0.3, 0.4) is 0 Å². The molecule has 1 unspecified atom stereocenters. The van der Waals surface area contributed by atoms with E-state index in [2.05, 4.69) is 0 Å². The molecule has 0 amide bonds. The number of nitrogens with zero attached hydrogens (tertiary/aromatic N) is 2. The fourth-order valence-electron chi connectivity index (χ4n) is 2.33. The van der Waals surface area contributed by atoms with Gasteiger partial charge in [0.15, 0.2) is 0 Å². The minimum atomic E-state index is -0.897. The van der Waals surface area contributed by atoms with Crippen LogP contribution in [0, 0.1) is 10.1 Å². The van der Waals surface area contributed by atoms with E-state index in [1.165, 1.54) is 19.2 Å². The molecule has 0 heterocycles. The first-order chi connectivity index (χ1) is 9.93. The molecule has 21 heavy (non-hydrogen) atoms. The van der Waals surface area contributed by atoms with Gasteiger partial charge in [0.2, 0.25) is 0 Å². The zero-order chi connectivity index (χ0) is 15.6. The molecule has 1 atom stereocenters. The van der Waals surface area contributed by atoms with E-state index in [1.807, 2.05) is 4.90 Å². The summed E-state index contributed by atoms with van der Waals surface area (Å²) in [6, 6.07) is 3.96. The molecular formula is C14H18N2O5. The number of nitro groups is 1. The molecule has 7 nitrogen and oxygen atoms in total. The first-order valence-electron chi connectivity index (χ1n) is 6.74. The van der Waals surface area contributed by atoms with Crippen LogP contribution in [-0.4, -0.2) is 40.1 Å². The number of carbonyl (C=O) groups is 1. The fraction of sp³-hybridized carbons (Fsp3) is 0.500. The van der Waals surface area contributed by atoms with Gasteiger partial charge in [-0.2, -0.15) is 0 Å². The van der Waals surface area contributed by atoms with Crippen LogP contribution >= 0.6 is 0 Å². The lowest BCUT2D eigenvalue weighted by atomic mass is 10.1. The highest BCUT2D eigenvalue weighted by atomic mass is 16.6. The Kier molecular flexibility index (Phi) is 4.42. The second-order valence-corrected chi connectivity index (χ2v) is 5.17. The Morgan fingerprint density at radius 1 is 1.57 bits per heavy atom. The van der Waals surface area contributed by atoms with E-state index in [4.69, 9.17) is 4.74 Å². The highest BCUT2D eigenvalue weighted by Crippen LogP contribution is 2.33. The molecule has 7 heteroatoms. The van der Waals surface area contributed by atoms with Gasteiger partial charge in [0.1, 0.15) is 11.8 Å². The normalized spacial score (nSPS) is 15.8. The Balaban J connectivity index is 2.28. The summed E-state index contributed by atoms with van der Waals surface area (Å²) >= 11 is 0. The molecule has 0 bridgehead atoms. The average molecular weight is 294 g/mol. The van der Waals surface area contributed by atoms with E-state index in [9.17, 15) is 20.0 Å². The number of carboxylic acids is 1. The van der Waals surface area contributed by atoms with Gasteiger partial charge in [0.25, 0.3) is 5.69 Å². The smallest absolute Gasteiger partial charge is 0.320 e. The maximum Gasteiger partial charge on any atom is 0.320 e. The molecule has 0 radical (unpaired) electrons. The Morgan fingerprint density at radius 3 is 2.71 bits per heavy atom. The van der Waals surface area contributed by atoms with Crippen LogP contribution in [0.25, 0.3) is 0 Å². The summed E-state index contributed by atoms with van der Waals surface area (Å²) in [6.45, 7) is 1.95. The first kappa shape index (κ1) is 15.2. The standard InChI is InChI=1S/C14H18N2O5/c1-9(14(17)18)15(11-3-4-11)8-10-7-12(16(19)20)5-6-13(10)21-2/h5-7,9,11H,3-4,8H2,1-2H3,(H,17,18). The number of carboxylic acid groups (broad SMARTS) is 1. The molecule has 0 aliphatic heterocycles. The highest BCUT2D eigenvalue weighted by molar-refractivity contribution is 5.73. The number of ether oxygens (including phenoxy) is 1. The van der Waals surface area contributed by atoms with Crippen molar-refractivity contribution in [1.82, 2.24) is 4.90 Å². The van der Waals surface area contributed by atoms with Gasteiger partial charge in [0.05, 0.1) is 12.0 Å². The van der Waals surface area contributed by atoms with Crippen molar-refractivity contribution in [3.63, 3.8) is 0 Å². The zero-order valence-electron chi connectivity index (χ0n) is 12.0. The zero-order valence-corrected chi connectivity index (χ0v) is 12.0. The Bertz CT molecular complexity index is 556. The van der Waals surface area contributed by atoms with Gasteiger partial charge in [-0.05, 0) is 25.8 Å². The first-order valence-corrected chi connectivity index (χ1v) is 6.74. The fourth-order valence-corrected chi connectivity index (χ4v) is 2.33. The minimum absolute atomic E-state index is 0.0236. The molecule has 1 N–H and O–H groups in total. The van der Waals surface area contributed by atoms with Gasteiger partial charge in [-0.1, -0.05) is 0 Å². The van der Waals surface area contributed by atoms with Gasteiger partial charge < -0.3 is 9.84 Å². The second-order valence-electron chi connectivity index (χ2n) is 5.17. The lowest BCUT2D eigenvalue weighted by Gasteiger charge is -2.26. The van der Waals surface area contributed by atoms with Crippen LogP contribution < -0.4 is 4.74 Å². The summed E-state index contributed by atoms with van der Waals surface area (Å²) < 4.78 is 5.22. The van der Waals surface area contributed by atoms with Crippen molar-refractivity contribution in [2.24, 2.45) is 0 Å². The summed E-state index contributed by atoms with van der Waals surface area (Å²) in [5, 5.41) is 20.1. The van der Waals surface area contributed by atoms with E-state index in [0.29, 0.717) is 17.9 Å². The number of nitro benzene ring substituents is 1. The van der Waals surface area contributed by atoms with Crippen LogP contribution in [0.5, 0.6) is 5.75 Å². The number of non-ortho nitro benzene ring substituents is 1. The highest BCUT2D eigenvalue weighted by Gasteiger charge is 2.35. The molecule has 0 spiro atoms. The third-order valence-electron chi connectivity index (χ3n) is 3.70. The number of hydrogen-bond donors (Lipinski definition) is 1. The number of rotatable bonds is 7. The van der Waals surface area contributed by atoms with Crippen LogP contribution in [0.15, 0.2) is 18.2 Å². The van der Waals surface area contributed by atoms with Crippen molar-refractivity contribution in [1.29, 1.82) is 0 Å². The summed E-state index contributed by atoms with van der Waals surface area (Å²) in [5.41, 5.74) is 0.608. The molecule has 1 fully saturated rings. The van der Waals surface area contributed by atoms with Crippen LogP contribution in [0.2, 0.25) is 0 Å². The monoisotopic (exact) mass is 294 g/mol. The van der Waals surface area contributed by atoms with Crippen molar-refractivity contribution in [3.05, 3.63) is 33.9 Å². The SMILES string of the molecule is COc1ccc([N+](=O)[O-])cc1CN(C1CC1)C(C)C(=O)O. The summed E-state index contributed by atoms with van der Waals surface area (Å²) in [5.74, 6) is -0.366. The van der Waals surface area contributed by atoms with E-state index in [1.54, 1.807) is 13.0 Å². The predicted octanol–water partition coefficient (Wildman–Crippen LogP) is 2.04. The van der Waals surface area contributed by atoms with Gasteiger partial charge in [-0.3, -0.25) is 19.8 Å². The largest absolute Gasteiger partial charge is 0.496 e. The maximum absolute atomic E-state index is 11.2. The van der Waals surface area contributed by atoms with E-state index in [-0.39, 0.29) is 11.7 Å². The lowest BCUT2D eigenvalue weighted by Crippen LogP contribution is -2.40. The Hall–Kier alpha value is -2.15. The number of methoxy groups -OCH3 is 1. The molecule has 1 aliphatic carbocycles. The van der Waals surface area contributed by atoms with Gasteiger partial charge >= 0.3 is 5.97 Å². The molecule has 0 aromatic heterocycles. The Morgan fingerprint density at radius 2 is 2.24 bits per heavy atom. The van der Waals surface area contributed by atoms with Crippen LogP contribution in [0.1, 0.15) is 25.3 Å². The summed E-state index contributed by atoms with van der Waals surface area (Å²) in [7, 11) is 1.49. The van der Waals surface area contributed by atoms with Crippen LogP contribution in [-0.2, 0) is 11.3 Å². The third-order valence-corrected chi connectivity index (χ3v) is 3.70. The van der Waals surface area contributed by atoms with Crippen LogP contribution in [0.4, 0.5) is 5.69 Å². The van der Waals surface area contributed by atoms with Gasteiger partial charge in [-0.15, -0.1) is 0 Å². The molecule has 2 rings (SSSR count). The number of hydrogen-bond acceptors (Lipinski definition) is 5. The average Bonchev–Trinajstić information content (AvgIpc) is 3.28. The Labute approximate surface area is 122 Å². The van der Waals surface area contributed by atoms with Crippen molar-refractivity contribution < 1.29 is 19.6 Å². The lowest BCUT2D eigenvalue weighted by molar-refractivity contribution is -0.385.